The fourth-order valence-electron chi connectivity index (χ4n) is 2.00. The summed E-state index contributed by atoms with van der Waals surface area (Å²) in [5, 5.41) is 0.183. The van der Waals surface area contributed by atoms with Crippen LogP contribution in [0.4, 0.5) is 0 Å². The maximum Gasteiger partial charge on any atom is 0.161 e. The van der Waals surface area contributed by atoms with Crippen LogP contribution in [0.15, 0.2) is 18.2 Å². The molecule has 2 atom stereocenters. The Kier molecular flexibility index (Phi) is 6.34. The molecule has 0 radical (unpaired) electrons. The normalized spacial score (nSPS) is 14.1. The molecule has 1 rings (SSSR count). The molecule has 0 saturated carbocycles. The molecule has 0 fully saturated rings. The van der Waals surface area contributed by atoms with Gasteiger partial charge in [0.1, 0.15) is 0 Å². The minimum Gasteiger partial charge on any atom is -0.490 e. The summed E-state index contributed by atoms with van der Waals surface area (Å²) in [4.78, 5) is 0. The second-order valence-electron chi connectivity index (χ2n) is 4.49. The van der Waals surface area contributed by atoms with Crippen molar-refractivity contribution in [3.63, 3.8) is 0 Å². The summed E-state index contributed by atoms with van der Waals surface area (Å²) in [5.74, 6) is 2.06. The van der Waals surface area contributed by atoms with Crippen molar-refractivity contribution in [2.24, 2.45) is 0 Å². The second-order valence-corrected chi connectivity index (χ2v) is 5.23. The number of ether oxygens (including phenoxy) is 2. The van der Waals surface area contributed by atoms with Crippen molar-refractivity contribution in [2.45, 2.75) is 45.4 Å². The molecule has 1 aromatic carbocycles. The maximum absolute atomic E-state index is 6.05. The molecule has 0 amide bonds. The van der Waals surface area contributed by atoms with Crippen LogP contribution in [0.25, 0.3) is 0 Å². The van der Waals surface area contributed by atoms with Gasteiger partial charge in [0.05, 0.1) is 13.2 Å². The minimum atomic E-state index is 0.183. The Labute approximate surface area is 115 Å². The van der Waals surface area contributed by atoms with Crippen LogP contribution in [-0.4, -0.2) is 18.6 Å². The van der Waals surface area contributed by atoms with E-state index in [0.29, 0.717) is 19.1 Å². The van der Waals surface area contributed by atoms with Gasteiger partial charge in [-0.15, -0.1) is 11.6 Å². The molecule has 0 aliphatic rings. The molecular formula is C15H23ClO2. The van der Waals surface area contributed by atoms with E-state index in [2.05, 4.69) is 19.1 Å². The van der Waals surface area contributed by atoms with Crippen LogP contribution < -0.4 is 9.47 Å². The lowest BCUT2D eigenvalue weighted by molar-refractivity contribution is 0.287. The highest BCUT2D eigenvalue weighted by molar-refractivity contribution is 6.20. The number of hydrogen-bond donors (Lipinski definition) is 0. The Balaban J connectivity index is 2.91. The third kappa shape index (κ3) is 4.41. The molecule has 0 aromatic heterocycles. The Morgan fingerprint density at radius 3 is 2.22 bits per heavy atom. The van der Waals surface area contributed by atoms with E-state index in [0.717, 1.165) is 17.9 Å². The highest BCUT2D eigenvalue weighted by Crippen LogP contribution is 2.33. The molecule has 0 aliphatic heterocycles. The Morgan fingerprint density at radius 1 is 1.06 bits per heavy atom. The first-order valence-electron chi connectivity index (χ1n) is 6.62. The fraction of sp³-hybridized carbons (Fsp3) is 0.600. The van der Waals surface area contributed by atoms with Crippen molar-refractivity contribution in [2.75, 3.05) is 13.2 Å². The summed E-state index contributed by atoms with van der Waals surface area (Å²) in [6.45, 7) is 9.45. The Bertz CT molecular complexity index is 364. The van der Waals surface area contributed by atoms with Gasteiger partial charge in [0, 0.05) is 5.38 Å². The predicted octanol–water partition coefficient (Wildman–Crippen LogP) is 4.60. The predicted molar refractivity (Wildman–Crippen MR) is 77.1 cm³/mol. The first-order valence-corrected chi connectivity index (χ1v) is 7.05. The highest BCUT2D eigenvalue weighted by atomic mass is 35.5. The zero-order valence-corrected chi connectivity index (χ0v) is 12.5. The lowest BCUT2D eigenvalue weighted by Gasteiger charge is -2.17. The van der Waals surface area contributed by atoms with Gasteiger partial charge in [-0.05, 0) is 50.8 Å². The van der Waals surface area contributed by atoms with Crippen LogP contribution in [-0.2, 0) is 0 Å². The summed E-state index contributed by atoms with van der Waals surface area (Å²) in [6, 6.07) is 6.15. The number of alkyl halides is 1. The lowest BCUT2D eigenvalue weighted by atomic mass is 9.96. The Morgan fingerprint density at radius 2 is 1.67 bits per heavy atom. The number of rotatable bonds is 7. The molecule has 0 aliphatic carbocycles. The average Bonchev–Trinajstić information content (AvgIpc) is 2.31. The van der Waals surface area contributed by atoms with Crippen molar-refractivity contribution in [3.05, 3.63) is 23.8 Å². The summed E-state index contributed by atoms with van der Waals surface area (Å²) in [7, 11) is 0. The third-order valence-electron chi connectivity index (χ3n) is 2.81. The van der Waals surface area contributed by atoms with Crippen molar-refractivity contribution in [1.29, 1.82) is 0 Å². The quantitative estimate of drug-likeness (QED) is 0.674. The van der Waals surface area contributed by atoms with Crippen LogP contribution in [0.1, 0.15) is 45.6 Å². The van der Waals surface area contributed by atoms with E-state index in [1.165, 1.54) is 5.56 Å². The van der Waals surface area contributed by atoms with Crippen molar-refractivity contribution in [3.8, 4) is 11.5 Å². The van der Waals surface area contributed by atoms with Crippen molar-refractivity contribution < 1.29 is 9.47 Å². The van der Waals surface area contributed by atoms with Gasteiger partial charge >= 0.3 is 0 Å². The van der Waals surface area contributed by atoms with Gasteiger partial charge in [0.2, 0.25) is 0 Å². The van der Waals surface area contributed by atoms with E-state index in [1.807, 2.05) is 26.8 Å². The first-order chi connectivity index (χ1) is 8.58. The van der Waals surface area contributed by atoms with E-state index in [4.69, 9.17) is 21.1 Å². The molecule has 1 aromatic rings. The van der Waals surface area contributed by atoms with Gasteiger partial charge in [-0.1, -0.05) is 13.0 Å². The van der Waals surface area contributed by atoms with E-state index in [9.17, 15) is 0 Å². The highest BCUT2D eigenvalue weighted by Gasteiger charge is 2.12. The van der Waals surface area contributed by atoms with Gasteiger partial charge in [0.15, 0.2) is 11.5 Å². The molecule has 0 N–H and O–H groups in total. The largest absolute Gasteiger partial charge is 0.490 e. The van der Waals surface area contributed by atoms with Gasteiger partial charge < -0.3 is 9.47 Å². The average molecular weight is 271 g/mol. The molecule has 3 heteroatoms. The van der Waals surface area contributed by atoms with Gasteiger partial charge in [0.25, 0.3) is 0 Å². The molecule has 0 bridgehead atoms. The van der Waals surface area contributed by atoms with Crippen molar-refractivity contribution in [1.82, 2.24) is 0 Å². The van der Waals surface area contributed by atoms with Crippen LogP contribution in [0, 0.1) is 0 Å². The standard InChI is InChI=1S/C15H23ClO2/c1-5-17-14-8-7-13(10-15(14)18-6-2)11(3)9-12(4)16/h7-8,10-12H,5-6,9H2,1-4H3. The zero-order chi connectivity index (χ0) is 13.5. The van der Waals surface area contributed by atoms with E-state index < -0.39 is 0 Å². The molecule has 0 saturated heterocycles. The minimum absolute atomic E-state index is 0.183. The topological polar surface area (TPSA) is 18.5 Å². The third-order valence-corrected chi connectivity index (χ3v) is 2.99. The molecular weight excluding hydrogens is 248 g/mol. The smallest absolute Gasteiger partial charge is 0.161 e. The van der Waals surface area contributed by atoms with Crippen LogP contribution >= 0.6 is 11.6 Å². The summed E-state index contributed by atoms with van der Waals surface area (Å²) in [5.41, 5.74) is 1.24. The molecule has 0 spiro atoms. The number of benzene rings is 1. The monoisotopic (exact) mass is 270 g/mol. The van der Waals surface area contributed by atoms with E-state index >= 15 is 0 Å². The van der Waals surface area contributed by atoms with Gasteiger partial charge in [-0.25, -0.2) is 0 Å². The SMILES string of the molecule is CCOc1ccc(C(C)CC(C)Cl)cc1OCC. The second kappa shape index (κ2) is 7.52. The summed E-state index contributed by atoms with van der Waals surface area (Å²) >= 11 is 6.05. The summed E-state index contributed by atoms with van der Waals surface area (Å²) in [6.07, 6.45) is 0.959. The van der Waals surface area contributed by atoms with Crippen molar-refractivity contribution >= 4 is 11.6 Å². The van der Waals surface area contributed by atoms with E-state index in [1.54, 1.807) is 0 Å². The van der Waals surface area contributed by atoms with Crippen LogP contribution in [0.3, 0.4) is 0 Å². The van der Waals surface area contributed by atoms with Gasteiger partial charge in [-0.2, -0.15) is 0 Å². The molecule has 18 heavy (non-hydrogen) atoms. The molecule has 102 valence electrons. The number of halogens is 1. The lowest BCUT2D eigenvalue weighted by Crippen LogP contribution is -2.03. The summed E-state index contributed by atoms with van der Waals surface area (Å²) < 4.78 is 11.2. The van der Waals surface area contributed by atoms with E-state index in [-0.39, 0.29) is 5.38 Å². The molecule has 0 heterocycles. The van der Waals surface area contributed by atoms with Gasteiger partial charge in [-0.3, -0.25) is 0 Å². The molecule has 2 unspecified atom stereocenters. The fourth-order valence-corrected chi connectivity index (χ4v) is 2.26. The van der Waals surface area contributed by atoms with Crippen LogP contribution in [0.5, 0.6) is 11.5 Å². The maximum atomic E-state index is 6.05. The molecule has 2 nitrogen and oxygen atoms in total. The Hall–Kier alpha value is -0.890. The van der Waals surface area contributed by atoms with Crippen LogP contribution in [0.2, 0.25) is 0 Å². The zero-order valence-electron chi connectivity index (χ0n) is 11.7. The first kappa shape index (κ1) is 15.2. The number of hydrogen-bond acceptors (Lipinski definition) is 2.